The zero-order valence-electron chi connectivity index (χ0n) is 11.1. The summed E-state index contributed by atoms with van der Waals surface area (Å²) in [7, 11) is 0. The number of nitrogens with two attached hydrogens (primary N) is 1. The third kappa shape index (κ3) is 3.25. The number of carboxylic acids is 1. The molecule has 0 bridgehead atoms. The number of rotatable bonds is 4. The molecule has 1 amide bonds. The van der Waals surface area contributed by atoms with Gasteiger partial charge in [-0.15, -0.1) is 0 Å². The van der Waals surface area contributed by atoms with Gasteiger partial charge in [0.1, 0.15) is 5.54 Å². The fourth-order valence-corrected chi connectivity index (χ4v) is 3.00. The molecule has 19 heavy (non-hydrogen) atoms. The number of carboxylic acid groups (broad SMARTS) is 1. The van der Waals surface area contributed by atoms with Crippen LogP contribution in [0.15, 0.2) is 0 Å². The number of nitrogens with one attached hydrogen (secondary N) is 1. The Morgan fingerprint density at radius 1 is 1.16 bits per heavy atom. The number of hydrogen-bond acceptors (Lipinski definition) is 4. The summed E-state index contributed by atoms with van der Waals surface area (Å²) in [5.74, 6) is -1.24. The fourth-order valence-electron chi connectivity index (χ4n) is 3.00. The molecule has 2 aliphatic rings. The summed E-state index contributed by atoms with van der Waals surface area (Å²) in [6.07, 6.45) is 4.59. The molecule has 6 nitrogen and oxygen atoms in total. The quantitative estimate of drug-likeness (QED) is 0.686. The molecule has 0 aromatic heterocycles. The highest BCUT2D eigenvalue weighted by atomic mass is 16.5. The van der Waals surface area contributed by atoms with Crippen LogP contribution in [0.1, 0.15) is 44.9 Å². The molecular formula is C13H22N2O4. The molecule has 1 saturated carbocycles. The average molecular weight is 270 g/mol. The number of hydrogen-bond donors (Lipinski definition) is 3. The minimum absolute atomic E-state index is 0.211. The van der Waals surface area contributed by atoms with Crippen molar-refractivity contribution in [2.75, 3.05) is 13.2 Å². The van der Waals surface area contributed by atoms with Crippen LogP contribution in [0.5, 0.6) is 0 Å². The lowest BCUT2D eigenvalue weighted by Crippen LogP contribution is -2.58. The maximum Gasteiger partial charge on any atom is 0.329 e. The summed E-state index contributed by atoms with van der Waals surface area (Å²) in [5, 5.41) is 12.0. The van der Waals surface area contributed by atoms with Crippen molar-refractivity contribution in [1.29, 1.82) is 0 Å². The Kier molecular flexibility index (Phi) is 4.10. The van der Waals surface area contributed by atoms with Crippen LogP contribution in [0.3, 0.4) is 0 Å². The van der Waals surface area contributed by atoms with Crippen LogP contribution >= 0.6 is 0 Å². The third-order valence-electron chi connectivity index (χ3n) is 4.25. The molecule has 1 aliphatic carbocycles. The van der Waals surface area contributed by atoms with Crippen molar-refractivity contribution in [3.63, 3.8) is 0 Å². The second kappa shape index (κ2) is 5.46. The smallest absolute Gasteiger partial charge is 0.329 e. The van der Waals surface area contributed by atoms with Gasteiger partial charge in [-0.05, 0) is 12.8 Å². The molecule has 4 N–H and O–H groups in total. The van der Waals surface area contributed by atoms with Gasteiger partial charge in [0.25, 0.3) is 0 Å². The van der Waals surface area contributed by atoms with E-state index in [0.29, 0.717) is 26.1 Å². The number of carbonyl (C=O) groups excluding carboxylic acids is 1. The van der Waals surface area contributed by atoms with Crippen LogP contribution < -0.4 is 11.1 Å². The van der Waals surface area contributed by atoms with Crippen LogP contribution in [-0.2, 0) is 14.3 Å². The molecule has 0 radical (unpaired) electrons. The highest BCUT2D eigenvalue weighted by Gasteiger charge is 2.43. The van der Waals surface area contributed by atoms with Gasteiger partial charge < -0.3 is 20.9 Å². The molecule has 2 rings (SSSR count). The summed E-state index contributed by atoms with van der Waals surface area (Å²) in [6, 6.07) is 0. The van der Waals surface area contributed by atoms with Crippen LogP contribution in [0.25, 0.3) is 0 Å². The van der Waals surface area contributed by atoms with Gasteiger partial charge in [0.2, 0.25) is 5.91 Å². The Labute approximate surface area is 112 Å². The van der Waals surface area contributed by atoms with Crippen molar-refractivity contribution < 1.29 is 19.4 Å². The normalized spacial score (nSPS) is 24.9. The number of aliphatic carboxylic acids is 1. The molecule has 1 heterocycles. The minimum Gasteiger partial charge on any atom is -0.480 e. The van der Waals surface area contributed by atoms with Crippen LogP contribution in [0.2, 0.25) is 0 Å². The molecule has 0 aromatic rings. The lowest BCUT2D eigenvalue weighted by atomic mass is 9.88. The predicted molar refractivity (Wildman–Crippen MR) is 68.6 cm³/mol. The molecule has 0 spiro atoms. The van der Waals surface area contributed by atoms with Gasteiger partial charge in [0.05, 0.1) is 0 Å². The fraction of sp³-hybridized carbons (Fsp3) is 0.846. The Bertz CT molecular complexity index is 358. The van der Waals surface area contributed by atoms with E-state index in [-0.39, 0.29) is 12.3 Å². The second-order valence-electron chi connectivity index (χ2n) is 5.79. The van der Waals surface area contributed by atoms with E-state index < -0.39 is 17.0 Å². The molecule has 108 valence electrons. The van der Waals surface area contributed by atoms with Crippen LogP contribution in [0.4, 0.5) is 0 Å². The van der Waals surface area contributed by atoms with Crippen molar-refractivity contribution in [2.45, 2.75) is 56.0 Å². The van der Waals surface area contributed by atoms with Gasteiger partial charge in [-0.1, -0.05) is 12.8 Å². The Morgan fingerprint density at radius 3 is 2.26 bits per heavy atom. The first-order valence-electron chi connectivity index (χ1n) is 6.87. The van der Waals surface area contributed by atoms with Gasteiger partial charge in [-0.2, -0.15) is 0 Å². The standard InChI is InChI=1S/C13H22N2O4/c14-12(3-1-2-4-12)9-10(16)15-13(11(17)18)5-7-19-8-6-13/h1-9,14H2,(H,15,16)(H,17,18). The molecule has 0 atom stereocenters. The topological polar surface area (TPSA) is 102 Å². The third-order valence-corrected chi connectivity index (χ3v) is 4.25. The summed E-state index contributed by atoms with van der Waals surface area (Å²) >= 11 is 0. The van der Waals surface area contributed by atoms with E-state index in [1.807, 2.05) is 0 Å². The summed E-state index contributed by atoms with van der Waals surface area (Å²) in [4.78, 5) is 23.5. The van der Waals surface area contributed by atoms with Crippen LogP contribution in [0, 0.1) is 0 Å². The first kappa shape index (κ1) is 14.3. The number of ether oxygens (including phenoxy) is 1. The van der Waals surface area contributed by atoms with E-state index in [4.69, 9.17) is 10.5 Å². The number of amides is 1. The zero-order valence-corrected chi connectivity index (χ0v) is 11.1. The predicted octanol–water partition coefficient (Wildman–Crippen LogP) is 0.398. The van der Waals surface area contributed by atoms with E-state index >= 15 is 0 Å². The van der Waals surface area contributed by atoms with E-state index in [9.17, 15) is 14.7 Å². The molecule has 1 saturated heterocycles. The molecule has 6 heteroatoms. The lowest BCUT2D eigenvalue weighted by molar-refractivity contribution is -0.152. The largest absolute Gasteiger partial charge is 0.480 e. The molecule has 0 unspecified atom stereocenters. The van der Waals surface area contributed by atoms with Gasteiger partial charge >= 0.3 is 5.97 Å². The minimum atomic E-state index is -1.18. The maximum absolute atomic E-state index is 12.1. The SMILES string of the molecule is NC1(CC(=O)NC2(C(=O)O)CCOCC2)CCCC1. The van der Waals surface area contributed by atoms with Gasteiger partial charge in [-0.3, -0.25) is 4.79 Å². The molecule has 2 fully saturated rings. The van der Waals surface area contributed by atoms with Gasteiger partial charge in [0.15, 0.2) is 0 Å². The summed E-state index contributed by atoms with van der Waals surface area (Å²) < 4.78 is 5.17. The van der Waals surface area contributed by atoms with Gasteiger partial charge in [0, 0.05) is 38.0 Å². The maximum atomic E-state index is 12.1. The van der Waals surface area contributed by atoms with E-state index in [2.05, 4.69) is 5.32 Å². The van der Waals surface area contributed by atoms with Crippen molar-refractivity contribution >= 4 is 11.9 Å². The van der Waals surface area contributed by atoms with Crippen LogP contribution in [-0.4, -0.2) is 41.3 Å². The second-order valence-corrected chi connectivity index (χ2v) is 5.79. The number of carbonyl (C=O) groups is 2. The van der Waals surface area contributed by atoms with E-state index in [1.165, 1.54) is 0 Å². The molecular weight excluding hydrogens is 248 g/mol. The zero-order chi connectivity index (χ0) is 13.9. The van der Waals surface area contributed by atoms with E-state index in [1.54, 1.807) is 0 Å². The highest BCUT2D eigenvalue weighted by Crippen LogP contribution is 2.30. The Morgan fingerprint density at radius 2 is 1.74 bits per heavy atom. The summed E-state index contributed by atoms with van der Waals surface area (Å²) in [6.45, 7) is 0.723. The highest BCUT2D eigenvalue weighted by molar-refractivity contribution is 5.87. The van der Waals surface area contributed by atoms with Crippen molar-refractivity contribution in [1.82, 2.24) is 5.32 Å². The summed E-state index contributed by atoms with van der Waals surface area (Å²) in [5.41, 5.74) is 4.53. The Balaban J connectivity index is 1.97. The van der Waals surface area contributed by atoms with Crippen molar-refractivity contribution in [3.05, 3.63) is 0 Å². The molecule has 1 aliphatic heterocycles. The average Bonchev–Trinajstić information content (AvgIpc) is 2.76. The molecule has 0 aromatic carbocycles. The van der Waals surface area contributed by atoms with Crippen molar-refractivity contribution in [3.8, 4) is 0 Å². The Hall–Kier alpha value is -1.14. The monoisotopic (exact) mass is 270 g/mol. The lowest BCUT2D eigenvalue weighted by Gasteiger charge is -2.35. The van der Waals surface area contributed by atoms with Gasteiger partial charge in [-0.25, -0.2) is 4.79 Å². The first-order valence-corrected chi connectivity index (χ1v) is 6.87. The van der Waals surface area contributed by atoms with Crippen molar-refractivity contribution in [2.24, 2.45) is 5.73 Å². The van der Waals surface area contributed by atoms with E-state index in [0.717, 1.165) is 25.7 Å². The first-order chi connectivity index (χ1) is 8.96.